The van der Waals surface area contributed by atoms with Crippen LogP contribution >= 0.6 is 11.6 Å². The molecule has 0 bridgehead atoms. The Labute approximate surface area is 116 Å². The Hall–Kier alpha value is -0.530. The highest BCUT2D eigenvalue weighted by atomic mass is 35.5. The summed E-state index contributed by atoms with van der Waals surface area (Å²) in [6, 6.07) is 8.54. The standard InChI is InChI=1S/C16H24ClN/c1-13(15-9-4-10-16(17)12-15)18-11-5-8-14-6-2-3-7-14/h4,9-10,12-14,18H,2-3,5-8,11H2,1H3. The second kappa shape index (κ2) is 7.16. The molecule has 1 aromatic carbocycles. The highest BCUT2D eigenvalue weighted by Gasteiger charge is 2.14. The van der Waals surface area contributed by atoms with Gasteiger partial charge in [-0.25, -0.2) is 0 Å². The first-order valence-corrected chi connectivity index (χ1v) is 7.62. The van der Waals surface area contributed by atoms with E-state index in [9.17, 15) is 0 Å². The summed E-state index contributed by atoms with van der Waals surface area (Å²) in [5, 5.41) is 4.42. The Kier molecular flexibility index (Phi) is 5.52. The van der Waals surface area contributed by atoms with Crippen LogP contribution in [0.25, 0.3) is 0 Å². The van der Waals surface area contributed by atoms with Crippen LogP contribution in [-0.4, -0.2) is 6.54 Å². The molecule has 1 fully saturated rings. The quantitative estimate of drug-likeness (QED) is 0.717. The minimum Gasteiger partial charge on any atom is -0.310 e. The van der Waals surface area contributed by atoms with Crippen molar-refractivity contribution >= 4 is 11.6 Å². The lowest BCUT2D eigenvalue weighted by Crippen LogP contribution is -2.20. The molecular weight excluding hydrogens is 242 g/mol. The molecule has 2 heteroatoms. The van der Waals surface area contributed by atoms with Crippen LogP contribution in [0.15, 0.2) is 24.3 Å². The molecule has 2 rings (SSSR count). The molecule has 1 saturated carbocycles. The molecule has 1 N–H and O–H groups in total. The lowest BCUT2D eigenvalue weighted by atomic mass is 10.0. The van der Waals surface area contributed by atoms with Gasteiger partial charge in [-0.15, -0.1) is 0 Å². The van der Waals surface area contributed by atoms with E-state index in [0.29, 0.717) is 6.04 Å². The number of halogens is 1. The highest BCUT2D eigenvalue weighted by Crippen LogP contribution is 2.28. The van der Waals surface area contributed by atoms with Crippen molar-refractivity contribution in [3.63, 3.8) is 0 Å². The van der Waals surface area contributed by atoms with Crippen molar-refractivity contribution in [3.8, 4) is 0 Å². The fourth-order valence-electron chi connectivity index (χ4n) is 2.90. The fourth-order valence-corrected chi connectivity index (χ4v) is 3.10. The van der Waals surface area contributed by atoms with Crippen LogP contribution in [0.3, 0.4) is 0 Å². The van der Waals surface area contributed by atoms with Crippen molar-refractivity contribution in [2.45, 2.75) is 51.5 Å². The second-order valence-electron chi connectivity index (χ2n) is 5.52. The average molecular weight is 266 g/mol. The van der Waals surface area contributed by atoms with E-state index in [1.807, 2.05) is 12.1 Å². The Morgan fingerprint density at radius 3 is 2.83 bits per heavy atom. The van der Waals surface area contributed by atoms with Crippen LogP contribution in [0.2, 0.25) is 5.02 Å². The molecule has 0 aromatic heterocycles. The van der Waals surface area contributed by atoms with Gasteiger partial charge in [0.05, 0.1) is 0 Å². The topological polar surface area (TPSA) is 12.0 Å². The monoisotopic (exact) mass is 265 g/mol. The van der Waals surface area contributed by atoms with Gasteiger partial charge < -0.3 is 5.32 Å². The summed E-state index contributed by atoms with van der Waals surface area (Å²) < 4.78 is 0. The Morgan fingerprint density at radius 2 is 2.11 bits per heavy atom. The van der Waals surface area contributed by atoms with E-state index in [2.05, 4.69) is 24.4 Å². The van der Waals surface area contributed by atoms with E-state index >= 15 is 0 Å². The van der Waals surface area contributed by atoms with Gasteiger partial charge in [0, 0.05) is 11.1 Å². The van der Waals surface area contributed by atoms with Crippen LogP contribution in [0.5, 0.6) is 0 Å². The predicted octanol–water partition coefficient (Wildman–Crippen LogP) is 4.96. The molecule has 1 aliphatic carbocycles. The van der Waals surface area contributed by atoms with E-state index in [0.717, 1.165) is 17.5 Å². The first-order chi connectivity index (χ1) is 8.75. The first-order valence-electron chi connectivity index (χ1n) is 7.24. The SMILES string of the molecule is CC(NCCCC1CCCC1)c1cccc(Cl)c1. The van der Waals surface area contributed by atoms with Crippen molar-refractivity contribution in [2.75, 3.05) is 6.54 Å². The summed E-state index contributed by atoms with van der Waals surface area (Å²) in [5.74, 6) is 1.01. The minimum absolute atomic E-state index is 0.396. The number of nitrogens with one attached hydrogen (secondary N) is 1. The molecule has 1 unspecified atom stereocenters. The Morgan fingerprint density at radius 1 is 1.33 bits per heavy atom. The summed E-state index contributed by atoms with van der Waals surface area (Å²) in [6.45, 7) is 3.32. The highest BCUT2D eigenvalue weighted by molar-refractivity contribution is 6.30. The largest absolute Gasteiger partial charge is 0.310 e. The molecule has 0 spiro atoms. The van der Waals surface area contributed by atoms with Gasteiger partial charge in [-0.3, -0.25) is 0 Å². The second-order valence-corrected chi connectivity index (χ2v) is 5.96. The van der Waals surface area contributed by atoms with E-state index in [1.165, 1.54) is 44.1 Å². The molecule has 0 amide bonds. The molecular formula is C16H24ClN. The van der Waals surface area contributed by atoms with E-state index in [1.54, 1.807) is 0 Å². The van der Waals surface area contributed by atoms with Gasteiger partial charge in [-0.2, -0.15) is 0 Å². The van der Waals surface area contributed by atoms with Gasteiger partial charge in [0.1, 0.15) is 0 Å². The summed E-state index contributed by atoms with van der Waals surface area (Å²) in [7, 11) is 0. The molecule has 100 valence electrons. The van der Waals surface area contributed by atoms with Gasteiger partial charge in [-0.1, -0.05) is 49.4 Å². The Bertz CT molecular complexity index is 358. The zero-order valence-corrected chi connectivity index (χ0v) is 12.0. The molecule has 1 aromatic rings. The van der Waals surface area contributed by atoms with Crippen molar-refractivity contribution in [1.29, 1.82) is 0 Å². The number of rotatable bonds is 6. The number of hydrogen-bond donors (Lipinski definition) is 1. The van der Waals surface area contributed by atoms with Gasteiger partial charge >= 0.3 is 0 Å². The molecule has 1 nitrogen and oxygen atoms in total. The predicted molar refractivity (Wildman–Crippen MR) is 79.1 cm³/mol. The van der Waals surface area contributed by atoms with Crippen molar-refractivity contribution in [2.24, 2.45) is 5.92 Å². The molecule has 1 aliphatic rings. The summed E-state index contributed by atoms with van der Waals surface area (Å²) in [6.07, 6.45) is 8.53. The van der Waals surface area contributed by atoms with Crippen LogP contribution in [0.4, 0.5) is 0 Å². The van der Waals surface area contributed by atoms with Crippen molar-refractivity contribution < 1.29 is 0 Å². The third-order valence-electron chi connectivity index (χ3n) is 4.06. The zero-order chi connectivity index (χ0) is 12.8. The minimum atomic E-state index is 0.396. The van der Waals surface area contributed by atoms with Crippen molar-refractivity contribution in [1.82, 2.24) is 5.32 Å². The van der Waals surface area contributed by atoms with Gasteiger partial charge in [-0.05, 0) is 49.9 Å². The summed E-state index contributed by atoms with van der Waals surface area (Å²) >= 11 is 6.01. The zero-order valence-electron chi connectivity index (χ0n) is 11.3. The van der Waals surface area contributed by atoms with Crippen molar-refractivity contribution in [3.05, 3.63) is 34.9 Å². The maximum Gasteiger partial charge on any atom is 0.0409 e. The normalized spacial score (nSPS) is 18.1. The van der Waals surface area contributed by atoms with Gasteiger partial charge in [0.15, 0.2) is 0 Å². The van der Waals surface area contributed by atoms with Crippen LogP contribution < -0.4 is 5.32 Å². The molecule has 0 saturated heterocycles. The molecule has 18 heavy (non-hydrogen) atoms. The summed E-state index contributed by atoms with van der Waals surface area (Å²) in [5.41, 5.74) is 1.28. The van der Waals surface area contributed by atoms with Crippen LogP contribution in [0, 0.1) is 5.92 Å². The maximum atomic E-state index is 6.01. The first kappa shape index (κ1) is 13.9. The lowest BCUT2D eigenvalue weighted by molar-refractivity contribution is 0.456. The van der Waals surface area contributed by atoms with E-state index in [-0.39, 0.29) is 0 Å². The molecule has 0 heterocycles. The smallest absolute Gasteiger partial charge is 0.0409 e. The average Bonchev–Trinajstić information content (AvgIpc) is 2.87. The van der Waals surface area contributed by atoms with Gasteiger partial charge in [0.25, 0.3) is 0 Å². The lowest BCUT2D eigenvalue weighted by Gasteiger charge is -2.15. The third kappa shape index (κ3) is 4.29. The number of hydrogen-bond acceptors (Lipinski definition) is 1. The maximum absolute atomic E-state index is 6.01. The third-order valence-corrected chi connectivity index (χ3v) is 4.30. The van der Waals surface area contributed by atoms with E-state index in [4.69, 9.17) is 11.6 Å². The van der Waals surface area contributed by atoms with Crippen LogP contribution in [0.1, 0.15) is 57.1 Å². The van der Waals surface area contributed by atoms with Gasteiger partial charge in [0.2, 0.25) is 0 Å². The molecule has 1 atom stereocenters. The van der Waals surface area contributed by atoms with E-state index < -0.39 is 0 Å². The molecule has 0 radical (unpaired) electrons. The summed E-state index contributed by atoms with van der Waals surface area (Å²) in [4.78, 5) is 0. The van der Waals surface area contributed by atoms with Crippen LogP contribution in [-0.2, 0) is 0 Å². The fraction of sp³-hybridized carbons (Fsp3) is 0.625. The number of benzene rings is 1. The molecule has 0 aliphatic heterocycles. The Balaban J connectivity index is 1.66.